The topological polar surface area (TPSA) is 69.6 Å². The first kappa shape index (κ1) is 16.6. The zero-order valence-corrected chi connectivity index (χ0v) is 14.5. The number of nitrogens with one attached hydrogen (secondary N) is 1. The quantitative estimate of drug-likeness (QED) is 0.900. The van der Waals surface area contributed by atoms with Gasteiger partial charge in [-0.3, -0.25) is 9.59 Å². The van der Waals surface area contributed by atoms with Crippen molar-refractivity contribution in [2.75, 3.05) is 13.2 Å². The number of benzene rings is 1. The highest BCUT2D eigenvalue weighted by Gasteiger charge is 2.16. The van der Waals surface area contributed by atoms with Gasteiger partial charge in [0.1, 0.15) is 13.2 Å². The van der Waals surface area contributed by atoms with Gasteiger partial charge in [0, 0.05) is 24.0 Å². The molecule has 1 N–H and O–H groups in total. The Morgan fingerprint density at radius 2 is 2.08 bits per heavy atom. The minimum absolute atomic E-state index is 0.0276. The minimum atomic E-state index is -0.145. The molecule has 1 aliphatic heterocycles. The smallest absolute Gasteiger partial charge is 0.307 e. The average molecular weight is 348 g/mol. The number of hydrogen-bond acceptors (Lipinski definition) is 5. The molecule has 0 aliphatic carbocycles. The number of aromatic nitrogens is 1. The van der Waals surface area contributed by atoms with Crippen molar-refractivity contribution in [2.45, 2.75) is 32.9 Å². The maximum Gasteiger partial charge on any atom is 0.307 e. The molecule has 0 spiro atoms. The fourth-order valence-corrected chi connectivity index (χ4v) is 3.38. The normalized spacial score (nSPS) is 14.2. The number of rotatable bonds is 5. The zero-order chi connectivity index (χ0) is 17.1. The SMILES string of the molecule is Cc1csc(=O)n1CCC(=O)NC(C)c1ccc2c(c1)OCCO2. The Balaban J connectivity index is 1.59. The third kappa shape index (κ3) is 3.62. The standard InChI is InChI=1S/C17H20N2O4S/c1-11-10-24-17(21)19(11)6-5-16(20)18-12(2)13-3-4-14-15(9-13)23-8-7-22-14/h3-4,9-10,12H,5-8H2,1-2H3,(H,18,20). The molecule has 1 aromatic carbocycles. The molecule has 128 valence electrons. The first-order chi connectivity index (χ1) is 11.5. The molecule has 0 fully saturated rings. The molecule has 1 atom stereocenters. The van der Waals surface area contributed by atoms with Gasteiger partial charge >= 0.3 is 4.87 Å². The number of carbonyl (C=O) groups excluding carboxylic acids is 1. The fraction of sp³-hybridized carbons (Fsp3) is 0.412. The highest BCUT2D eigenvalue weighted by atomic mass is 32.1. The second-order valence-electron chi connectivity index (χ2n) is 5.74. The van der Waals surface area contributed by atoms with Crippen LogP contribution in [0.3, 0.4) is 0 Å². The van der Waals surface area contributed by atoms with Crippen LogP contribution in [0.5, 0.6) is 11.5 Å². The van der Waals surface area contributed by atoms with Crippen molar-refractivity contribution in [2.24, 2.45) is 0 Å². The Morgan fingerprint density at radius 3 is 2.79 bits per heavy atom. The molecule has 6 nitrogen and oxygen atoms in total. The molecule has 2 aromatic rings. The molecular formula is C17H20N2O4S. The van der Waals surface area contributed by atoms with E-state index in [-0.39, 0.29) is 23.2 Å². The number of amides is 1. The molecule has 0 radical (unpaired) electrons. The maximum atomic E-state index is 12.2. The molecule has 1 amide bonds. The fourth-order valence-electron chi connectivity index (χ4n) is 2.61. The predicted molar refractivity (Wildman–Crippen MR) is 91.9 cm³/mol. The van der Waals surface area contributed by atoms with Crippen LogP contribution in [-0.2, 0) is 11.3 Å². The van der Waals surface area contributed by atoms with E-state index in [4.69, 9.17) is 9.47 Å². The van der Waals surface area contributed by atoms with Crippen molar-refractivity contribution in [1.29, 1.82) is 0 Å². The van der Waals surface area contributed by atoms with Crippen molar-refractivity contribution < 1.29 is 14.3 Å². The van der Waals surface area contributed by atoms with E-state index in [2.05, 4.69) is 5.32 Å². The lowest BCUT2D eigenvalue weighted by Gasteiger charge is -2.21. The zero-order valence-electron chi connectivity index (χ0n) is 13.7. The number of nitrogens with zero attached hydrogens (tertiary/aromatic N) is 1. The molecule has 0 saturated carbocycles. The number of aryl methyl sites for hydroxylation is 1. The molecular weight excluding hydrogens is 328 g/mol. The average Bonchev–Trinajstić information content (AvgIpc) is 2.90. The van der Waals surface area contributed by atoms with Crippen molar-refractivity contribution in [3.8, 4) is 11.5 Å². The van der Waals surface area contributed by atoms with Gasteiger partial charge in [0.15, 0.2) is 11.5 Å². The van der Waals surface area contributed by atoms with Gasteiger partial charge in [-0.2, -0.15) is 0 Å². The van der Waals surface area contributed by atoms with Gasteiger partial charge in [-0.05, 0) is 31.5 Å². The highest BCUT2D eigenvalue weighted by molar-refractivity contribution is 7.07. The monoisotopic (exact) mass is 348 g/mol. The summed E-state index contributed by atoms with van der Waals surface area (Å²) in [6.07, 6.45) is 0.270. The largest absolute Gasteiger partial charge is 0.486 e. The minimum Gasteiger partial charge on any atom is -0.486 e. The van der Waals surface area contributed by atoms with E-state index in [1.54, 1.807) is 9.95 Å². The summed E-state index contributed by atoms with van der Waals surface area (Å²) in [5, 5.41) is 4.76. The van der Waals surface area contributed by atoms with E-state index in [1.807, 2.05) is 32.0 Å². The first-order valence-electron chi connectivity index (χ1n) is 7.88. The Hall–Kier alpha value is -2.28. The van der Waals surface area contributed by atoms with Crippen molar-refractivity contribution in [3.05, 3.63) is 44.5 Å². The lowest BCUT2D eigenvalue weighted by atomic mass is 10.1. The number of thiazole rings is 1. The van der Waals surface area contributed by atoms with E-state index in [0.717, 1.165) is 28.3 Å². The Kier molecular flexibility index (Phi) is 4.89. The third-order valence-electron chi connectivity index (χ3n) is 3.98. The van der Waals surface area contributed by atoms with Gasteiger partial charge in [-0.1, -0.05) is 17.4 Å². The molecule has 0 bridgehead atoms. The van der Waals surface area contributed by atoms with E-state index in [1.165, 1.54) is 0 Å². The van der Waals surface area contributed by atoms with Crippen LogP contribution in [0.15, 0.2) is 28.4 Å². The summed E-state index contributed by atoms with van der Waals surface area (Å²) < 4.78 is 12.7. The summed E-state index contributed by atoms with van der Waals surface area (Å²) in [6.45, 7) is 5.28. The highest BCUT2D eigenvalue weighted by Crippen LogP contribution is 2.32. The first-order valence-corrected chi connectivity index (χ1v) is 8.76. The Labute approximate surface area is 144 Å². The van der Waals surface area contributed by atoms with E-state index in [9.17, 15) is 9.59 Å². The lowest BCUT2D eigenvalue weighted by Crippen LogP contribution is -2.28. The summed E-state index contributed by atoms with van der Waals surface area (Å²) >= 11 is 1.16. The molecule has 3 rings (SSSR count). The van der Waals surface area contributed by atoms with Gasteiger partial charge in [0.2, 0.25) is 5.91 Å². The van der Waals surface area contributed by atoms with Crippen LogP contribution < -0.4 is 19.7 Å². The maximum absolute atomic E-state index is 12.2. The van der Waals surface area contributed by atoms with Crippen LogP contribution in [0.1, 0.15) is 30.6 Å². The Morgan fingerprint density at radius 1 is 1.33 bits per heavy atom. The Bertz CT molecular complexity index is 796. The van der Waals surface area contributed by atoms with E-state index in [0.29, 0.717) is 25.5 Å². The third-order valence-corrected chi connectivity index (χ3v) is 4.86. The van der Waals surface area contributed by atoms with Crippen LogP contribution in [0.4, 0.5) is 0 Å². The lowest BCUT2D eigenvalue weighted by molar-refractivity contribution is -0.121. The van der Waals surface area contributed by atoms with Crippen LogP contribution >= 0.6 is 11.3 Å². The molecule has 1 unspecified atom stereocenters. The number of fused-ring (bicyclic) bond motifs is 1. The summed E-state index contributed by atoms with van der Waals surface area (Å²) in [6, 6.07) is 5.54. The van der Waals surface area contributed by atoms with Crippen LogP contribution in [0.2, 0.25) is 0 Å². The van der Waals surface area contributed by atoms with Crippen LogP contribution in [0.25, 0.3) is 0 Å². The van der Waals surface area contributed by atoms with Crippen LogP contribution in [-0.4, -0.2) is 23.7 Å². The van der Waals surface area contributed by atoms with Gasteiger partial charge in [0.25, 0.3) is 0 Å². The van der Waals surface area contributed by atoms with Gasteiger partial charge in [0.05, 0.1) is 6.04 Å². The molecule has 7 heteroatoms. The number of carbonyl (C=O) groups is 1. The molecule has 0 saturated heterocycles. The molecule has 2 heterocycles. The number of hydrogen-bond donors (Lipinski definition) is 1. The van der Waals surface area contributed by atoms with Gasteiger partial charge in [-0.25, -0.2) is 0 Å². The second-order valence-corrected chi connectivity index (χ2v) is 6.56. The van der Waals surface area contributed by atoms with Crippen molar-refractivity contribution in [1.82, 2.24) is 9.88 Å². The summed E-state index contributed by atoms with van der Waals surface area (Å²) in [5.41, 5.74) is 1.84. The predicted octanol–water partition coefficient (Wildman–Crippen LogP) is 2.26. The van der Waals surface area contributed by atoms with Crippen molar-refractivity contribution in [3.63, 3.8) is 0 Å². The van der Waals surface area contributed by atoms with E-state index >= 15 is 0 Å². The molecule has 1 aliphatic rings. The van der Waals surface area contributed by atoms with Crippen molar-refractivity contribution >= 4 is 17.2 Å². The summed E-state index contributed by atoms with van der Waals surface area (Å²) in [5.74, 6) is 1.35. The van der Waals surface area contributed by atoms with E-state index < -0.39 is 0 Å². The second kappa shape index (κ2) is 7.09. The van der Waals surface area contributed by atoms with Gasteiger partial charge < -0.3 is 19.4 Å². The number of ether oxygens (including phenoxy) is 2. The summed E-state index contributed by atoms with van der Waals surface area (Å²) in [4.78, 5) is 23.8. The summed E-state index contributed by atoms with van der Waals surface area (Å²) in [7, 11) is 0. The van der Waals surface area contributed by atoms with Crippen LogP contribution in [0, 0.1) is 6.92 Å². The molecule has 1 aromatic heterocycles. The van der Waals surface area contributed by atoms with Gasteiger partial charge in [-0.15, -0.1) is 0 Å². The molecule has 24 heavy (non-hydrogen) atoms.